The summed E-state index contributed by atoms with van der Waals surface area (Å²) < 4.78 is 23.3. The lowest BCUT2D eigenvalue weighted by atomic mass is 10.1. The average molecular weight is 266 g/mol. The Hall–Kier alpha value is -2.02. The molecule has 96 valence electrons. The molecule has 1 aromatic carbocycles. The lowest BCUT2D eigenvalue weighted by Crippen LogP contribution is -2.02. The highest BCUT2D eigenvalue weighted by Gasteiger charge is 2.17. The molecule has 0 saturated heterocycles. The van der Waals surface area contributed by atoms with Crippen LogP contribution in [-0.2, 0) is 9.84 Å². The number of hydrogen-bond donors (Lipinski definition) is 3. The van der Waals surface area contributed by atoms with Crippen molar-refractivity contribution in [1.82, 2.24) is 10.2 Å². The third kappa shape index (κ3) is 1.92. The van der Waals surface area contributed by atoms with Crippen molar-refractivity contribution in [3.8, 4) is 11.3 Å². The molecule has 0 aliphatic carbocycles. The van der Waals surface area contributed by atoms with Crippen molar-refractivity contribution < 1.29 is 8.42 Å². The molecule has 5 N–H and O–H groups in total. The summed E-state index contributed by atoms with van der Waals surface area (Å²) in [6.45, 7) is 1.72. The largest absolute Gasteiger partial charge is 0.394 e. The number of sulfone groups is 1. The highest BCUT2D eigenvalue weighted by atomic mass is 32.2. The van der Waals surface area contributed by atoms with Crippen LogP contribution in [0.15, 0.2) is 23.1 Å². The van der Waals surface area contributed by atoms with Gasteiger partial charge < -0.3 is 11.5 Å². The number of benzene rings is 1. The van der Waals surface area contributed by atoms with Crippen LogP contribution in [0.3, 0.4) is 0 Å². The molecule has 1 aromatic heterocycles. The van der Waals surface area contributed by atoms with E-state index in [1.165, 1.54) is 6.26 Å². The topological polar surface area (TPSA) is 115 Å². The van der Waals surface area contributed by atoms with Crippen LogP contribution in [0.2, 0.25) is 0 Å². The molecule has 18 heavy (non-hydrogen) atoms. The highest BCUT2D eigenvalue weighted by Crippen LogP contribution is 2.32. The Morgan fingerprint density at radius 1 is 1.28 bits per heavy atom. The number of aromatic amines is 1. The van der Waals surface area contributed by atoms with Crippen LogP contribution in [0.5, 0.6) is 0 Å². The molecule has 0 aliphatic rings. The number of anilines is 2. The van der Waals surface area contributed by atoms with E-state index in [1.807, 2.05) is 0 Å². The van der Waals surface area contributed by atoms with Gasteiger partial charge >= 0.3 is 0 Å². The fourth-order valence-corrected chi connectivity index (χ4v) is 2.85. The minimum Gasteiger partial charge on any atom is -0.394 e. The molecule has 0 saturated carbocycles. The molecule has 2 aromatic rings. The van der Waals surface area contributed by atoms with Crippen LogP contribution in [0.25, 0.3) is 11.3 Å². The van der Waals surface area contributed by atoms with Crippen LogP contribution in [0.4, 0.5) is 11.5 Å². The zero-order chi connectivity index (χ0) is 13.5. The second-order valence-corrected chi connectivity index (χ2v) is 6.08. The summed E-state index contributed by atoms with van der Waals surface area (Å²) in [4.78, 5) is 0.271. The van der Waals surface area contributed by atoms with Crippen molar-refractivity contribution in [1.29, 1.82) is 0 Å². The van der Waals surface area contributed by atoms with Gasteiger partial charge in [-0.1, -0.05) is 12.1 Å². The van der Waals surface area contributed by atoms with Crippen LogP contribution >= 0.6 is 0 Å². The normalized spacial score (nSPS) is 11.7. The van der Waals surface area contributed by atoms with Gasteiger partial charge in [0.25, 0.3) is 0 Å². The summed E-state index contributed by atoms with van der Waals surface area (Å²) in [5, 5.41) is 6.52. The minimum atomic E-state index is -3.28. The second-order valence-electron chi connectivity index (χ2n) is 4.10. The summed E-state index contributed by atoms with van der Waals surface area (Å²) in [5.41, 5.74) is 13.5. The molecule has 0 spiro atoms. The van der Waals surface area contributed by atoms with Crippen molar-refractivity contribution in [3.05, 3.63) is 23.8 Å². The molecule has 0 radical (unpaired) electrons. The average Bonchev–Trinajstić information content (AvgIpc) is 2.59. The van der Waals surface area contributed by atoms with E-state index in [-0.39, 0.29) is 10.7 Å². The van der Waals surface area contributed by atoms with Gasteiger partial charge in [0.15, 0.2) is 15.7 Å². The fourth-order valence-electron chi connectivity index (χ4n) is 1.86. The molecule has 2 rings (SSSR count). The molecule has 0 aliphatic heterocycles. The number of H-pyrrole nitrogens is 1. The molecule has 0 amide bonds. The van der Waals surface area contributed by atoms with Crippen LogP contribution in [-0.4, -0.2) is 24.9 Å². The summed E-state index contributed by atoms with van der Waals surface area (Å²) in [6.07, 6.45) is 1.17. The lowest BCUT2D eigenvalue weighted by Gasteiger charge is -2.09. The summed E-state index contributed by atoms with van der Waals surface area (Å²) in [7, 11) is -3.28. The third-order valence-corrected chi connectivity index (χ3v) is 4.03. The number of nitrogens with zero attached hydrogens (tertiary/aromatic N) is 1. The van der Waals surface area contributed by atoms with Crippen molar-refractivity contribution in [2.45, 2.75) is 11.8 Å². The van der Waals surface area contributed by atoms with Gasteiger partial charge in [-0.15, -0.1) is 0 Å². The van der Waals surface area contributed by atoms with Crippen LogP contribution in [0, 0.1) is 6.92 Å². The van der Waals surface area contributed by atoms with E-state index in [1.54, 1.807) is 25.1 Å². The van der Waals surface area contributed by atoms with E-state index >= 15 is 0 Å². The first-order valence-corrected chi connectivity index (χ1v) is 7.11. The first-order valence-electron chi connectivity index (χ1n) is 5.21. The van der Waals surface area contributed by atoms with E-state index in [0.29, 0.717) is 22.5 Å². The first kappa shape index (κ1) is 12.4. The molecular weight excluding hydrogens is 252 g/mol. The highest BCUT2D eigenvalue weighted by molar-refractivity contribution is 7.90. The number of aromatic nitrogens is 2. The van der Waals surface area contributed by atoms with Crippen molar-refractivity contribution in [2.24, 2.45) is 0 Å². The second kappa shape index (κ2) is 4.02. The minimum absolute atomic E-state index is 0.203. The van der Waals surface area contributed by atoms with E-state index in [2.05, 4.69) is 10.2 Å². The number of nitrogens with one attached hydrogen (secondary N) is 1. The van der Waals surface area contributed by atoms with Crippen molar-refractivity contribution in [3.63, 3.8) is 0 Å². The predicted octanol–water partition coefficient (Wildman–Crippen LogP) is 0.953. The number of hydrogen-bond acceptors (Lipinski definition) is 5. The van der Waals surface area contributed by atoms with Gasteiger partial charge in [-0.05, 0) is 18.6 Å². The van der Waals surface area contributed by atoms with Gasteiger partial charge in [-0.3, -0.25) is 5.10 Å². The van der Waals surface area contributed by atoms with Crippen molar-refractivity contribution in [2.75, 3.05) is 17.7 Å². The van der Waals surface area contributed by atoms with Gasteiger partial charge in [0.1, 0.15) is 5.69 Å². The van der Waals surface area contributed by atoms with E-state index in [0.717, 1.165) is 0 Å². The number of rotatable bonds is 2. The Morgan fingerprint density at radius 3 is 2.44 bits per heavy atom. The molecule has 0 atom stereocenters. The molecular formula is C11H14N4O2S. The van der Waals surface area contributed by atoms with Gasteiger partial charge in [0, 0.05) is 11.8 Å². The molecule has 0 fully saturated rings. The SMILES string of the molecule is Cc1c(-c2[nH]nc(N)c2N)cccc1S(C)(=O)=O. The Morgan fingerprint density at radius 2 is 1.94 bits per heavy atom. The van der Waals surface area contributed by atoms with E-state index in [9.17, 15) is 8.42 Å². The maximum atomic E-state index is 11.6. The molecule has 0 bridgehead atoms. The monoisotopic (exact) mass is 266 g/mol. The van der Waals surface area contributed by atoms with E-state index < -0.39 is 9.84 Å². The quantitative estimate of drug-likeness (QED) is 0.748. The van der Waals surface area contributed by atoms with Gasteiger partial charge in [0.2, 0.25) is 0 Å². The molecule has 1 heterocycles. The number of nitrogen functional groups attached to an aromatic ring is 2. The standard InChI is InChI=1S/C11H14N4O2S/c1-6-7(10-9(12)11(13)15-14-10)4-3-5-8(6)18(2,16)17/h3-5H,12H2,1-2H3,(H3,13,14,15). The molecule has 6 nitrogen and oxygen atoms in total. The Balaban J connectivity index is 2.71. The van der Waals surface area contributed by atoms with Crippen LogP contribution in [0.1, 0.15) is 5.56 Å². The smallest absolute Gasteiger partial charge is 0.175 e. The predicted molar refractivity (Wildman–Crippen MR) is 70.7 cm³/mol. The zero-order valence-corrected chi connectivity index (χ0v) is 10.9. The maximum absolute atomic E-state index is 11.6. The Labute approximate surface area is 105 Å². The fraction of sp³-hybridized carbons (Fsp3) is 0.182. The third-order valence-electron chi connectivity index (χ3n) is 2.79. The Kier molecular flexibility index (Phi) is 2.78. The Bertz CT molecular complexity index is 704. The maximum Gasteiger partial charge on any atom is 0.175 e. The molecule has 0 unspecified atom stereocenters. The summed E-state index contributed by atoms with van der Waals surface area (Å²) >= 11 is 0. The summed E-state index contributed by atoms with van der Waals surface area (Å²) in [6, 6.07) is 4.99. The van der Waals surface area contributed by atoms with Gasteiger partial charge in [-0.25, -0.2) is 8.42 Å². The van der Waals surface area contributed by atoms with Gasteiger partial charge in [-0.2, -0.15) is 5.10 Å². The first-order chi connectivity index (χ1) is 8.32. The number of nitrogens with two attached hydrogens (primary N) is 2. The lowest BCUT2D eigenvalue weighted by molar-refractivity contribution is 0.601. The summed E-state index contributed by atoms with van der Waals surface area (Å²) in [5.74, 6) is 0.203. The van der Waals surface area contributed by atoms with Crippen molar-refractivity contribution >= 4 is 21.3 Å². The van der Waals surface area contributed by atoms with E-state index in [4.69, 9.17) is 11.5 Å². The molecule has 7 heteroatoms. The zero-order valence-electron chi connectivity index (χ0n) is 10.1. The van der Waals surface area contributed by atoms with Gasteiger partial charge in [0.05, 0.1) is 10.6 Å². The van der Waals surface area contributed by atoms with Crippen LogP contribution < -0.4 is 11.5 Å².